The van der Waals surface area contributed by atoms with E-state index in [2.05, 4.69) is 44.3 Å². The maximum absolute atomic E-state index is 5.97. The SMILES string of the molecule is CCOC(C)(C)C(NC)c1cc2cc(C)ccc2o1. The van der Waals surface area contributed by atoms with Crippen LogP contribution in [0, 0.1) is 6.92 Å². The van der Waals surface area contributed by atoms with E-state index in [4.69, 9.17) is 9.15 Å². The smallest absolute Gasteiger partial charge is 0.134 e. The summed E-state index contributed by atoms with van der Waals surface area (Å²) in [6.45, 7) is 8.94. The number of hydrogen-bond acceptors (Lipinski definition) is 3. The molecule has 104 valence electrons. The van der Waals surface area contributed by atoms with Gasteiger partial charge in [0.05, 0.1) is 11.6 Å². The van der Waals surface area contributed by atoms with E-state index in [-0.39, 0.29) is 11.6 Å². The van der Waals surface area contributed by atoms with Crippen LogP contribution in [0.4, 0.5) is 0 Å². The lowest BCUT2D eigenvalue weighted by Gasteiger charge is -2.32. The fourth-order valence-electron chi connectivity index (χ4n) is 2.61. The Morgan fingerprint density at radius 2 is 2.05 bits per heavy atom. The van der Waals surface area contributed by atoms with Gasteiger partial charge in [-0.2, -0.15) is 0 Å². The van der Waals surface area contributed by atoms with Crippen molar-refractivity contribution >= 4 is 11.0 Å². The van der Waals surface area contributed by atoms with Crippen molar-refractivity contribution < 1.29 is 9.15 Å². The molecule has 3 heteroatoms. The van der Waals surface area contributed by atoms with Gasteiger partial charge in [-0.05, 0) is 52.9 Å². The lowest BCUT2D eigenvalue weighted by Crippen LogP contribution is -2.39. The average Bonchev–Trinajstić information content (AvgIpc) is 2.71. The van der Waals surface area contributed by atoms with Crippen molar-refractivity contribution in [1.82, 2.24) is 5.32 Å². The van der Waals surface area contributed by atoms with Crippen LogP contribution in [0.2, 0.25) is 0 Å². The van der Waals surface area contributed by atoms with E-state index in [0.29, 0.717) is 6.61 Å². The third kappa shape index (κ3) is 2.82. The molecular weight excluding hydrogens is 238 g/mol. The van der Waals surface area contributed by atoms with E-state index in [1.165, 1.54) is 5.56 Å². The van der Waals surface area contributed by atoms with Gasteiger partial charge in [0.25, 0.3) is 0 Å². The number of furan rings is 1. The van der Waals surface area contributed by atoms with Gasteiger partial charge in [0.2, 0.25) is 0 Å². The Kier molecular flexibility index (Phi) is 3.97. The van der Waals surface area contributed by atoms with Crippen LogP contribution in [-0.4, -0.2) is 19.3 Å². The Morgan fingerprint density at radius 3 is 2.68 bits per heavy atom. The van der Waals surface area contributed by atoms with Gasteiger partial charge in [0.15, 0.2) is 0 Å². The number of likely N-dealkylation sites (N-methyl/N-ethyl adjacent to an activating group) is 1. The van der Waals surface area contributed by atoms with E-state index in [0.717, 1.165) is 16.7 Å². The molecule has 3 nitrogen and oxygen atoms in total. The molecule has 0 amide bonds. The molecule has 0 spiro atoms. The Bertz CT molecular complexity index is 557. The molecule has 0 aliphatic heterocycles. The summed E-state index contributed by atoms with van der Waals surface area (Å²) in [5, 5.41) is 4.44. The summed E-state index contributed by atoms with van der Waals surface area (Å²) >= 11 is 0. The fourth-order valence-corrected chi connectivity index (χ4v) is 2.61. The minimum Gasteiger partial charge on any atom is -0.459 e. The highest BCUT2D eigenvalue weighted by Gasteiger charge is 2.32. The van der Waals surface area contributed by atoms with Crippen LogP contribution in [0.15, 0.2) is 28.7 Å². The van der Waals surface area contributed by atoms with Crippen LogP contribution in [0.5, 0.6) is 0 Å². The monoisotopic (exact) mass is 261 g/mol. The largest absolute Gasteiger partial charge is 0.459 e. The topological polar surface area (TPSA) is 34.4 Å². The van der Waals surface area contributed by atoms with Crippen molar-refractivity contribution in [3.05, 3.63) is 35.6 Å². The summed E-state index contributed by atoms with van der Waals surface area (Å²) in [6.07, 6.45) is 0. The fraction of sp³-hybridized carbons (Fsp3) is 0.500. The number of hydrogen-bond donors (Lipinski definition) is 1. The van der Waals surface area contributed by atoms with Gasteiger partial charge in [-0.3, -0.25) is 0 Å². The van der Waals surface area contributed by atoms with Crippen molar-refractivity contribution in [2.75, 3.05) is 13.7 Å². The molecule has 0 aliphatic carbocycles. The molecule has 0 bridgehead atoms. The standard InChI is InChI=1S/C16H23NO2/c1-6-18-16(3,4)15(17-5)14-10-12-9-11(2)7-8-13(12)19-14/h7-10,15,17H,6H2,1-5H3. The molecule has 1 N–H and O–H groups in total. The van der Waals surface area contributed by atoms with E-state index in [9.17, 15) is 0 Å². The molecule has 0 saturated carbocycles. The molecule has 0 fully saturated rings. The average molecular weight is 261 g/mol. The summed E-state index contributed by atoms with van der Waals surface area (Å²) in [4.78, 5) is 0. The summed E-state index contributed by atoms with van der Waals surface area (Å²) in [5.74, 6) is 0.918. The lowest BCUT2D eigenvalue weighted by atomic mass is 9.96. The molecule has 1 aromatic carbocycles. The Morgan fingerprint density at radius 1 is 1.32 bits per heavy atom. The molecule has 0 aliphatic rings. The minimum atomic E-state index is -0.313. The molecule has 19 heavy (non-hydrogen) atoms. The van der Waals surface area contributed by atoms with Gasteiger partial charge in [0, 0.05) is 12.0 Å². The normalized spacial score (nSPS) is 13.9. The highest BCUT2D eigenvalue weighted by Crippen LogP contribution is 2.32. The zero-order valence-electron chi connectivity index (χ0n) is 12.4. The van der Waals surface area contributed by atoms with Crippen LogP contribution in [0.3, 0.4) is 0 Å². The first-order valence-electron chi connectivity index (χ1n) is 6.79. The van der Waals surface area contributed by atoms with Crippen molar-refractivity contribution in [3.63, 3.8) is 0 Å². The molecule has 1 heterocycles. The summed E-state index contributed by atoms with van der Waals surface area (Å²) in [6, 6.07) is 8.36. The molecule has 0 radical (unpaired) electrons. The van der Waals surface area contributed by atoms with Crippen LogP contribution in [0.25, 0.3) is 11.0 Å². The van der Waals surface area contributed by atoms with Gasteiger partial charge in [-0.25, -0.2) is 0 Å². The maximum Gasteiger partial charge on any atom is 0.134 e. The highest BCUT2D eigenvalue weighted by molar-refractivity contribution is 5.78. The summed E-state index contributed by atoms with van der Waals surface area (Å²) in [5.41, 5.74) is 1.85. The minimum absolute atomic E-state index is 0.0279. The highest BCUT2D eigenvalue weighted by atomic mass is 16.5. The molecular formula is C16H23NO2. The van der Waals surface area contributed by atoms with Gasteiger partial charge < -0.3 is 14.5 Å². The van der Waals surface area contributed by atoms with Gasteiger partial charge in [0.1, 0.15) is 11.3 Å². The number of rotatable bonds is 5. The van der Waals surface area contributed by atoms with Crippen LogP contribution in [-0.2, 0) is 4.74 Å². The molecule has 1 atom stereocenters. The maximum atomic E-state index is 5.97. The lowest BCUT2D eigenvalue weighted by molar-refractivity contribution is -0.0418. The third-order valence-corrected chi connectivity index (χ3v) is 3.48. The van der Waals surface area contributed by atoms with Crippen LogP contribution < -0.4 is 5.32 Å². The number of nitrogens with one attached hydrogen (secondary N) is 1. The van der Waals surface area contributed by atoms with Crippen molar-refractivity contribution in [2.45, 2.75) is 39.3 Å². The number of aryl methyl sites for hydroxylation is 1. The quantitative estimate of drug-likeness (QED) is 0.888. The first kappa shape index (κ1) is 14.1. The number of fused-ring (bicyclic) bond motifs is 1. The predicted molar refractivity (Wildman–Crippen MR) is 78.5 cm³/mol. The first-order valence-corrected chi connectivity index (χ1v) is 6.79. The van der Waals surface area contributed by atoms with Crippen LogP contribution >= 0.6 is 0 Å². The zero-order chi connectivity index (χ0) is 14.0. The second kappa shape index (κ2) is 5.35. The molecule has 2 aromatic rings. The van der Waals surface area contributed by atoms with Crippen molar-refractivity contribution in [2.24, 2.45) is 0 Å². The Labute approximate surface area is 114 Å². The molecule has 1 unspecified atom stereocenters. The van der Waals surface area contributed by atoms with Gasteiger partial charge in [-0.15, -0.1) is 0 Å². The summed E-state index contributed by atoms with van der Waals surface area (Å²) in [7, 11) is 1.93. The van der Waals surface area contributed by atoms with E-state index in [1.54, 1.807) is 0 Å². The Balaban J connectivity index is 2.40. The second-order valence-electron chi connectivity index (χ2n) is 5.45. The van der Waals surface area contributed by atoms with E-state index >= 15 is 0 Å². The van der Waals surface area contributed by atoms with E-state index < -0.39 is 0 Å². The van der Waals surface area contributed by atoms with Crippen molar-refractivity contribution in [1.29, 1.82) is 0 Å². The first-order chi connectivity index (χ1) is 8.97. The molecule has 1 aromatic heterocycles. The second-order valence-corrected chi connectivity index (χ2v) is 5.45. The van der Waals surface area contributed by atoms with E-state index in [1.807, 2.05) is 20.0 Å². The predicted octanol–water partition coefficient (Wildman–Crippen LogP) is 3.82. The van der Waals surface area contributed by atoms with Crippen molar-refractivity contribution in [3.8, 4) is 0 Å². The van der Waals surface area contributed by atoms with Gasteiger partial charge >= 0.3 is 0 Å². The summed E-state index contributed by atoms with van der Waals surface area (Å²) < 4.78 is 11.8. The van der Waals surface area contributed by atoms with Gasteiger partial charge in [-0.1, -0.05) is 11.6 Å². The zero-order valence-corrected chi connectivity index (χ0v) is 12.4. The molecule has 2 rings (SSSR count). The Hall–Kier alpha value is -1.32. The number of ether oxygens (including phenoxy) is 1. The van der Waals surface area contributed by atoms with Crippen LogP contribution in [0.1, 0.15) is 38.1 Å². The number of benzene rings is 1. The third-order valence-electron chi connectivity index (χ3n) is 3.48. The molecule has 0 saturated heterocycles.